The molecule has 0 radical (unpaired) electrons. The molecular formula is C21H21N3O6S. The molecule has 1 aliphatic heterocycles. The van der Waals surface area contributed by atoms with Gasteiger partial charge in [0.15, 0.2) is 6.61 Å². The molecule has 0 atom stereocenters. The maximum Gasteiger partial charge on any atom is 0.338 e. The third-order valence-electron chi connectivity index (χ3n) is 4.46. The first-order valence-corrected chi connectivity index (χ1v) is 10.4. The average molecular weight is 443 g/mol. The summed E-state index contributed by atoms with van der Waals surface area (Å²) in [4.78, 5) is 61.4. The van der Waals surface area contributed by atoms with Crippen LogP contribution in [0.25, 0.3) is 0 Å². The number of rotatable bonds is 9. The number of Topliss-reactive ketones (excluding diaryl/α,β-unsaturated/α-hetero) is 1. The predicted octanol–water partition coefficient (Wildman–Crippen LogP) is 1.52. The van der Waals surface area contributed by atoms with E-state index in [2.05, 4.69) is 10.6 Å². The summed E-state index contributed by atoms with van der Waals surface area (Å²) < 4.78 is 5.13. The highest BCUT2D eigenvalue weighted by Gasteiger charge is 2.28. The van der Waals surface area contributed by atoms with Crippen molar-refractivity contribution in [3.05, 3.63) is 57.3 Å². The molecule has 2 heterocycles. The van der Waals surface area contributed by atoms with E-state index >= 15 is 0 Å². The number of carbonyl (C=O) groups is 5. The van der Waals surface area contributed by atoms with Gasteiger partial charge in [0.1, 0.15) is 0 Å². The van der Waals surface area contributed by atoms with E-state index in [1.165, 1.54) is 30.4 Å². The van der Waals surface area contributed by atoms with Gasteiger partial charge in [-0.2, -0.15) is 0 Å². The summed E-state index contributed by atoms with van der Waals surface area (Å²) >= 11 is 1.29. The van der Waals surface area contributed by atoms with Gasteiger partial charge in [-0.15, -0.1) is 11.3 Å². The van der Waals surface area contributed by atoms with Crippen molar-refractivity contribution in [3.63, 3.8) is 0 Å². The van der Waals surface area contributed by atoms with E-state index in [9.17, 15) is 24.0 Å². The normalized spacial score (nSPS) is 13.1. The molecule has 0 bridgehead atoms. The summed E-state index contributed by atoms with van der Waals surface area (Å²) in [5.41, 5.74) is 0.813. The lowest BCUT2D eigenvalue weighted by atomic mass is 10.1. The molecule has 2 aromatic rings. The number of urea groups is 1. The maximum absolute atomic E-state index is 12.3. The van der Waals surface area contributed by atoms with E-state index in [0.717, 1.165) is 9.78 Å². The van der Waals surface area contributed by atoms with Crippen LogP contribution >= 0.6 is 11.3 Å². The molecule has 4 amide bonds. The zero-order valence-electron chi connectivity index (χ0n) is 16.8. The number of ether oxygens (including phenoxy) is 1. The van der Waals surface area contributed by atoms with E-state index in [4.69, 9.17) is 4.74 Å². The highest BCUT2D eigenvalue weighted by atomic mass is 32.1. The molecule has 31 heavy (non-hydrogen) atoms. The minimum Gasteiger partial charge on any atom is -0.454 e. The number of hydrogen-bond acceptors (Lipinski definition) is 7. The minimum atomic E-state index is -0.671. The average Bonchev–Trinajstić information content (AvgIpc) is 3.34. The number of carbonyl (C=O) groups excluding carboxylic acids is 5. The minimum absolute atomic E-state index is 0.0413. The standard InChI is InChI=1S/C21H21N3O6S/c1-13(25)22-8-7-16-5-6-18(31-16)17(26)12-30-20(28)15-4-2-3-14(9-15)11-24-19(27)10-23-21(24)29/h2-6,9H,7-8,10-12H2,1H3,(H,22,25)(H,23,29). The number of thiophene rings is 1. The fourth-order valence-electron chi connectivity index (χ4n) is 2.90. The van der Waals surface area contributed by atoms with Gasteiger partial charge in [0, 0.05) is 18.3 Å². The van der Waals surface area contributed by atoms with E-state index in [1.54, 1.807) is 24.3 Å². The molecule has 1 saturated heterocycles. The summed E-state index contributed by atoms with van der Waals surface area (Å²) in [6.45, 7) is 1.53. The van der Waals surface area contributed by atoms with Gasteiger partial charge in [-0.3, -0.25) is 19.3 Å². The van der Waals surface area contributed by atoms with Crippen LogP contribution in [0.15, 0.2) is 36.4 Å². The van der Waals surface area contributed by atoms with Crippen LogP contribution in [-0.4, -0.2) is 54.2 Å². The molecule has 3 rings (SSSR count). The molecule has 0 spiro atoms. The first-order valence-electron chi connectivity index (χ1n) is 9.54. The number of nitrogens with one attached hydrogen (secondary N) is 2. The summed E-state index contributed by atoms with van der Waals surface area (Å²) in [6.07, 6.45) is 0.613. The van der Waals surface area contributed by atoms with E-state index in [0.29, 0.717) is 23.4 Å². The van der Waals surface area contributed by atoms with Gasteiger partial charge in [-0.25, -0.2) is 9.59 Å². The van der Waals surface area contributed by atoms with Crippen LogP contribution in [-0.2, 0) is 27.3 Å². The van der Waals surface area contributed by atoms with Crippen LogP contribution in [0.5, 0.6) is 0 Å². The maximum atomic E-state index is 12.3. The SMILES string of the molecule is CC(=O)NCCc1ccc(C(=O)COC(=O)c2cccc(CN3C(=O)CNC3=O)c2)s1. The summed E-state index contributed by atoms with van der Waals surface area (Å²) in [6, 6.07) is 9.37. The Morgan fingerprint density at radius 1 is 1.19 bits per heavy atom. The third-order valence-corrected chi connectivity index (χ3v) is 5.64. The van der Waals surface area contributed by atoms with Gasteiger partial charge in [0.2, 0.25) is 17.6 Å². The highest BCUT2D eigenvalue weighted by Crippen LogP contribution is 2.18. The molecular weight excluding hydrogens is 422 g/mol. The van der Waals surface area contributed by atoms with Crippen LogP contribution in [0.1, 0.15) is 37.4 Å². The third kappa shape index (κ3) is 5.98. The Morgan fingerprint density at radius 2 is 2.00 bits per heavy atom. The molecule has 0 aliphatic carbocycles. The van der Waals surface area contributed by atoms with Crippen molar-refractivity contribution in [2.45, 2.75) is 19.9 Å². The van der Waals surface area contributed by atoms with Crippen LogP contribution in [0.4, 0.5) is 4.79 Å². The van der Waals surface area contributed by atoms with Crippen molar-refractivity contribution >= 4 is 40.9 Å². The molecule has 162 valence electrons. The Morgan fingerprint density at radius 3 is 2.71 bits per heavy atom. The van der Waals surface area contributed by atoms with Crippen molar-refractivity contribution in [1.82, 2.24) is 15.5 Å². The number of ketones is 1. The van der Waals surface area contributed by atoms with Crippen molar-refractivity contribution in [1.29, 1.82) is 0 Å². The van der Waals surface area contributed by atoms with Crippen molar-refractivity contribution in [2.24, 2.45) is 0 Å². The smallest absolute Gasteiger partial charge is 0.338 e. The van der Waals surface area contributed by atoms with E-state index in [-0.39, 0.29) is 36.3 Å². The monoisotopic (exact) mass is 443 g/mol. The van der Waals surface area contributed by atoms with Gasteiger partial charge in [-0.1, -0.05) is 12.1 Å². The molecule has 1 aromatic heterocycles. The van der Waals surface area contributed by atoms with Crippen LogP contribution < -0.4 is 10.6 Å². The highest BCUT2D eigenvalue weighted by molar-refractivity contribution is 7.14. The fourth-order valence-corrected chi connectivity index (χ4v) is 3.84. The van der Waals surface area contributed by atoms with Crippen molar-refractivity contribution in [2.75, 3.05) is 19.7 Å². The Balaban J connectivity index is 1.53. The lowest BCUT2D eigenvalue weighted by molar-refractivity contribution is -0.125. The zero-order chi connectivity index (χ0) is 22.4. The number of amides is 4. The van der Waals surface area contributed by atoms with Gasteiger partial charge in [-0.05, 0) is 36.2 Å². The van der Waals surface area contributed by atoms with Crippen molar-refractivity contribution < 1.29 is 28.7 Å². The Kier molecular flexibility index (Phi) is 7.14. The molecule has 9 nitrogen and oxygen atoms in total. The number of hydrogen-bond donors (Lipinski definition) is 2. The van der Waals surface area contributed by atoms with Gasteiger partial charge < -0.3 is 15.4 Å². The first-order chi connectivity index (χ1) is 14.8. The van der Waals surface area contributed by atoms with Crippen LogP contribution in [0.3, 0.4) is 0 Å². The molecule has 1 aromatic carbocycles. The van der Waals surface area contributed by atoms with Crippen LogP contribution in [0.2, 0.25) is 0 Å². The van der Waals surface area contributed by atoms with Gasteiger partial charge >= 0.3 is 12.0 Å². The zero-order valence-corrected chi connectivity index (χ0v) is 17.6. The number of imide groups is 1. The Labute approximate surface area is 182 Å². The topological polar surface area (TPSA) is 122 Å². The molecule has 2 N–H and O–H groups in total. The fraction of sp³-hybridized carbons (Fsp3) is 0.286. The van der Waals surface area contributed by atoms with Crippen molar-refractivity contribution in [3.8, 4) is 0 Å². The predicted molar refractivity (Wildman–Crippen MR) is 112 cm³/mol. The van der Waals surface area contributed by atoms with E-state index < -0.39 is 18.6 Å². The Bertz CT molecular complexity index is 1020. The quantitative estimate of drug-likeness (QED) is 0.344. The number of esters is 1. The molecule has 1 fully saturated rings. The van der Waals surface area contributed by atoms with Gasteiger partial charge in [0.25, 0.3) is 0 Å². The number of benzene rings is 1. The Hall–Kier alpha value is -3.53. The largest absolute Gasteiger partial charge is 0.454 e. The molecule has 0 saturated carbocycles. The molecule has 1 aliphatic rings. The summed E-state index contributed by atoms with van der Waals surface area (Å²) in [5.74, 6) is -1.44. The first kappa shape index (κ1) is 22.2. The van der Waals surface area contributed by atoms with E-state index in [1.807, 2.05) is 0 Å². The summed E-state index contributed by atoms with van der Waals surface area (Å²) in [7, 11) is 0. The second kappa shape index (κ2) is 9.98. The molecule has 0 unspecified atom stereocenters. The number of nitrogens with zero attached hydrogens (tertiary/aromatic N) is 1. The second-order valence-electron chi connectivity index (χ2n) is 6.84. The lowest BCUT2D eigenvalue weighted by Crippen LogP contribution is -2.30. The molecule has 10 heteroatoms. The van der Waals surface area contributed by atoms with Gasteiger partial charge in [0.05, 0.1) is 23.5 Å². The summed E-state index contributed by atoms with van der Waals surface area (Å²) in [5, 5.41) is 5.13. The van der Waals surface area contributed by atoms with Crippen LogP contribution in [0, 0.1) is 0 Å². The lowest BCUT2D eigenvalue weighted by Gasteiger charge is -2.13. The second-order valence-corrected chi connectivity index (χ2v) is 8.01.